The number of carbonyl (C=O) groups excluding carboxylic acids is 1. The zero-order valence-electron chi connectivity index (χ0n) is 7.03. The lowest BCUT2D eigenvalue weighted by Crippen LogP contribution is -2.25. The minimum absolute atomic E-state index is 0.00561. The predicted octanol–water partition coefficient (Wildman–Crippen LogP) is 1.60. The molecule has 2 fully saturated rings. The molecule has 2 rings (SSSR count). The molecule has 0 aromatic heterocycles. The quantitative estimate of drug-likeness (QED) is 0.462. The monoisotopic (exact) mass is 187 g/mol. The molecule has 4 heteroatoms. The number of fused-ring (bicyclic) bond motifs is 1. The fourth-order valence-electron chi connectivity index (χ4n) is 1.94. The van der Waals surface area contributed by atoms with Crippen LogP contribution in [0, 0.1) is 0 Å². The van der Waals surface area contributed by atoms with Crippen molar-refractivity contribution < 1.29 is 14.3 Å². The van der Waals surface area contributed by atoms with Crippen molar-refractivity contribution in [2.45, 2.75) is 31.2 Å². The summed E-state index contributed by atoms with van der Waals surface area (Å²) in [5.41, 5.74) is 0.455. The fourth-order valence-corrected chi connectivity index (χ4v) is 4.14. The van der Waals surface area contributed by atoms with E-state index in [2.05, 4.69) is 13.2 Å². The van der Waals surface area contributed by atoms with E-state index in [0.717, 1.165) is 12.6 Å². The van der Waals surface area contributed by atoms with E-state index in [1.165, 1.54) is 0 Å². The molecule has 0 bridgehead atoms. The highest BCUT2D eigenvalue weighted by molar-refractivity contribution is 7.57. The number of hydrogen-bond acceptors (Lipinski definition) is 3. The van der Waals surface area contributed by atoms with Crippen molar-refractivity contribution >= 4 is 20.0 Å². The van der Waals surface area contributed by atoms with Gasteiger partial charge in [0, 0.05) is 0 Å². The molecular formula is C8H12O3P+. The third kappa shape index (κ3) is 1.04. The maximum absolute atomic E-state index is 10.8. The molecule has 12 heavy (non-hydrogen) atoms. The Morgan fingerprint density at radius 1 is 1.67 bits per heavy atom. The summed E-state index contributed by atoms with van der Waals surface area (Å²) in [5, 5.41) is 0. The minimum Gasteiger partial charge on any atom is -0.422 e. The second-order valence-corrected chi connectivity index (χ2v) is 5.44. The summed E-state index contributed by atoms with van der Waals surface area (Å²) in [6.07, 6.45) is 5.56. The van der Waals surface area contributed by atoms with Gasteiger partial charge in [-0.05, 0) is 6.42 Å². The average molecular weight is 187 g/mol. The van der Waals surface area contributed by atoms with Crippen LogP contribution in [0.4, 0.5) is 4.79 Å². The van der Waals surface area contributed by atoms with E-state index in [-0.39, 0.29) is 19.8 Å². The molecule has 3 nitrogen and oxygen atoms in total. The van der Waals surface area contributed by atoms with E-state index < -0.39 is 6.16 Å². The molecule has 4 atom stereocenters. The Morgan fingerprint density at radius 3 is 3.08 bits per heavy atom. The molecule has 0 spiro atoms. The number of hydrogen-bond donors (Lipinski definition) is 0. The molecule has 4 unspecified atom stereocenters. The normalized spacial score (nSPS) is 42.2. The van der Waals surface area contributed by atoms with Gasteiger partial charge in [-0.25, -0.2) is 4.79 Å². The first-order valence-electron chi connectivity index (χ1n) is 4.16. The van der Waals surface area contributed by atoms with Crippen molar-refractivity contribution in [1.82, 2.24) is 0 Å². The maximum Gasteiger partial charge on any atom is 0.509 e. The Balaban J connectivity index is 2.16. The van der Waals surface area contributed by atoms with Gasteiger partial charge in [0.05, 0.1) is 13.8 Å². The molecule has 0 N–H and O–H groups in total. The van der Waals surface area contributed by atoms with Crippen molar-refractivity contribution in [2.75, 3.05) is 6.16 Å². The summed E-state index contributed by atoms with van der Waals surface area (Å²) in [4.78, 5) is 10.8. The van der Waals surface area contributed by atoms with Crippen molar-refractivity contribution in [2.24, 2.45) is 0 Å². The lowest BCUT2D eigenvalue weighted by Gasteiger charge is -2.06. The Kier molecular flexibility index (Phi) is 1.84. The van der Waals surface area contributed by atoms with E-state index in [1.807, 2.05) is 0 Å². The smallest absolute Gasteiger partial charge is 0.422 e. The van der Waals surface area contributed by atoms with Crippen LogP contribution in [-0.4, -0.2) is 36.5 Å². The van der Waals surface area contributed by atoms with E-state index >= 15 is 0 Å². The highest BCUT2D eigenvalue weighted by Gasteiger charge is 2.54. The van der Waals surface area contributed by atoms with Crippen LogP contribution < -0.4 is 0 Å². The summed E-state index contributed by atoms with van der Waals surface area (Å²) in [5.74, 6) is 0. The second kappa shape index (κ2) is 2.74. The van der Waals surface area contributed by atoms with E-state index in [1.54, 1.807) is 0 Å². The third-order valence-electron chi connectivity index (χ3n) is 2.53. The predicted molar refractivity (Wildman–Crippen MR) is 48.1 cm³/mol. The zero-order chi connectivity index (χ0) is 8.72. The number of ether oxygens (including phenoxy) is 2. The molecule has 0 amide bonds. The number of rotatable bonds is 1. The van der Waals surface area contributed by atoms with Gasteiger partial charge in [-0.1, -0.05) is 6.92 Å². The first-order chi connectivity index (χ1) is 5.72. The number of carbonyl (C=O) groups is 1. The lowest BCUT2D eigenvalue weighted by atomic mass is 10.1. The van der Waals surface area contributed by atoms with Crippen LogP contribution in [0.2, 0.25) is 0 Å². The van der Waals surface area contributed by atoms with Crippen molar-refractivity contribution in [3.63, 3.8) is 0 Å². The maximum atomic E-state index is 10.8. The second-order valence-electron chi connectivity index (χ2n) is 3.24. The van der Waals surface area contributed by atoms with Crippen LogP contribution in [0.1, 0.15) is 13.3 Å². The summed E-state index contributed by atoms with van der Waals surface area (Å²) >= 11 is 0. The van der Waals surface area contributed by atoms with Gasteiger partial charge in [0.2, 0.25) is 0 Å². The van der Waals surface area contributed by atoms with Gasteiger partial charge < -0.3 is 9.47 Å². The first-order valence-corrected chi connectivity index (χ1v) is 5.95. The van der Waals surface area contributed by atoms with Crippen LogP contribution in [0.15, 0.2) is 0 Å². The molecule has 0 aromatic carbocycles. The van der Waals surface area contributed by atoms with Crippen molar-refractivity contribution in [1.29, 1.82) is 0 Å². The van der Waals surface area contributed by atoms with Crippen LogP contribution in [0.25, 0.3) is 0 Å². The van der Waals surface area contributed by atoms with Crippen molar-refractivity contribution in [3.8, 4) is 0 Å². The van der Waals surface area contributed by atoms with Gasteiger partial charge in [-0.2, -0.15) is 0 Å². The topological polar surface area (TPSA) is 35.5 Å². The molecule has 2 saturated heterocycles. The summed E-state index contributed by atoms with van der Waals surface area (Å²) in [6.45, 7) is 2.11. The van der Waals surface area contributed by atoms with Gasteiger partial charge >= 0.3 is 6.16 Å². The van der Waals surface area contributed by atoms with Crippen molar-refractivity contribution in [3.05, 3.63) is 0 Å². The Labute approximate surface area is 72.4 Å². The van der Waals surface area contributed by atoms with E-state index in [9.17, 15) is 4.79 Å². The van der Waals surface area contributed by atoms with Gasteiger partial charge in [-0.3, -0.25) is 0 Å². The van der Waals surface area contributed by atoms with Gasteiger partial charge in [-0.15, -0.1) is 0 Å². The lowest BCUT2D eigenvalue weighted by molar-refractivity contribution is 0.115. The van der Waals surface area contributed by atoms with Crippen LogP contribution in [-0.2, 0) is 9.47 Å². The molecule has 0 saturated carbocycles. The van der Waals surface area contributed by atoms with Gasteiger partial charge in [0.15, 0.2) is 17.9 Å². The van der Waals surface area contributed by atoms with Crippen LogP contribution >= 0.6 is 7.55 Å². The highest BCUT2D eigenvalue weighted by Crippen LogP contribution is 2.46. The molecular weight excluding hydrogens is 175 g/mol. The SMILES string of the molecule is C=[P+]1CC2OC(=O)OC2C1CC. The van der Waals surface area contributed by atoms with E-state index in [0.29, 0.717) is 5.66 Å². The fraction of sp³-hybridized carbons (Fsp3) is 0.750. The standard InChI is InChI=1S/C8H12O3P/c1-3-6-7-5(4-12(6)2)10-8(9)11-7/h5-7H,2-4H2,1H3/q+1. The summed E-state index contributed by atoms with van der Waals surface area (Å²) < 4.78 is 10.1. The molecule has 0 aliphatic carbocycles. The third-order valence-corrected chi connectivity index (χ3v) is 4.95. The Morgan fingerprint density at radius 2 is 2.42 bits per heavy atom. The van der Waals surface area contributed by atoms with Gasteiger partial charge in [0.25, 0.3) is 0 Å². The van der Waals surface area contributed by atoms with Gasteiger partial charge in [0.1, 0.15) is 6.16 Å². The highest BCUT2D eigenvalue weighted by atomic mass is 31.1. The molecule has 2 heterocycles. The average Bonchev–Trinajstić information content (AvgIpc) is 2.43. The summed E-state index contributed by atoms with van der Waals surface area (Å²) in [7, 11) is -0.233. The molecule has 0 aromatic rings. The Hall–Kier alpha value is -0.560. The Bertz CT molecular complexity index is 238. The summed E-state index contributed by atoms with van der Waals surface area (Å²) in [6, 6.07) is 0. The zero-order valence-corrected chi connectivity index (χ0v) is 7.92. The molecule has 0 radical (unpaired) electrons. The largest absolute Gasteiger partial charge is 0.509 e. The molecule has 66 valence electrons. The molecule has 2 aliphatic heterocycles. The van der Waals surface area contributed by atoms with Crippen LogP contribution in [0.3, 0.4) is 0 Å². The first kappa shape index (κ1) is 8.06. The molecule has 2 aliphatic rings. The minimum atomic E-state index is -0.494. The van der Waals surface area contributed by atoms with Crippen LogP contribution in [0.5, 0.6) is 0 Å². The van der Waals surface area contributed by atoms with E-state index in [4.69, 9.17) is 9.47 Å².